The molecule has 0 aliphatic carbocycles. The second-order valence-corrected chi connectivity index (χ2v) is 9.00. The van der Waals surface area contributed by atoms with Crippen LogP contribution in [0, 0.1) is 0 Å². The van der Waals surface area contributed by atoms with Crippen molar-refractivity contribution in [2.45, 2.75) is 90.9 Å². The molecular formula is C30H42O4. The summed E-state index contributed by atoms with van der Waals surface area (Å²) in [5.41, 5.74) is 2.21. The Kier molecular flexibility index (Phi) is 13.7. The van der Waals surface area contributed by atoms with E-state index in [1.807, 2.05) is 12.1 Å². The first-order chi connectivity index (χ1) is 16.6. The average molecular weight is 467 g/mol. The van der Waals surface area contributed by atoms with Gasteiger partial charge in [-0.05, 0) is 61.2 Å². The van der Waals surface area contributed by atoms with Crippen LogP contribution in [-0.2, 0) is 11.2 Å². The minimum absolute atomic E-state index is 0.223. The Hall–Kier alpha value is -2.62. The average Bonchev–Trinajstić information content (AvgIpc) is 2.87. The normalized spacial score (nSPS) is 10.8. The highest BCUT2D eigenvalue weighted by atomic mass is 16.5. The lowest BCUT2D eigenvalue weighted by atomic mass is 10.0. The summed E-state index contributed by atoms with van der Waals surface area (Å²) in [7, 11) is 0. The van der Waals surface area contributed by atoms with E-state index in [1.54, 1.807) is 36.4 Å². The molecule has 2 rings (SSSR count). The lowest BCUT2D eigenvalue weighted by Gasteiger charge is -2.08. The summed E-state index contributed by atoms with van der Waals surface area (Å²) in [6.45, 7) is 4.86. The number of benzene rings is 2. The molecule has 0 aromatic heterocycles. The van der Waals surface area contributed by atoms with E-state index < -0.39 is 5.97 Å². The van der Waals surface area contributed by atoms with E-state index in [0.717, 1.165) is 18.6 Å². The van der Waals surface area contributed by atoms with Crippen LogP contribution in [0.3, 0.4) is 0 Å². The van der Waals surface area contributed by atoms with Gasteiger partial charge in [-0.15, -0.1) is 0 Å². The molecule has 0 spiro atoms. The SMILES string of the molecule is CCCCCCCCOc1ccc(C(=O)COC(=O)c2ccc(CCCCCCC)cc2)cc1. The smallest absolute Gasteiger partial charge is 0.338 e. The van der Waals surface area contributed by atoms with Crippen molar-refractivity contribution in [3.05, 3.63) is 65.2 Å². The van der Waals surface area contributed by atoms with Gasteiger partial charge in [0.2, 0.25) is 0 Å². The third-order valence-electron chi connectivity index (χ3n) is 6.04. The summed E-state index contributed by atoms with van der Waals surface area (Å²) >= 11 is 0. The highest BCUT2D eigenvalue weighted by Gasteiger charge is 2.12. The van der Waals surface area contributed by atoms with Crippen molar-refractivity contribution in [3.63, 3.8) is 0 Å². The van der Waals surface area contributed by atoms with Crippen molar-refractivity contribution >= 4 is 11.8 Å². The van der Waals surface area contributed by atoms with Crippen molar-refractivity contribution in [3.8, 4) is 5.75 Å². The molecule has 2 aromatic carbocycles. The van der Waals surface area contributed by atoms with Crippen molar-refractivity contribution in [2.75, 3.05) is 13.2 Å². The molecule has 0 aliphatic rings. The Labute approximate surface area is 206 Å². The number of ketones is 1. The molecule has 0 atom stereocenters. The van der Waals surface area contributed by atoms with Gasteiger partial charge >= 0.3 is 5.97 Å². The molecule has 34 heavy (non-hydrogen) atoms. The largest absolute Gasteiger partial charge is 0.494 e. The van der Waals surface area contributed by atoms with E-state index in [4.69, 9.17) is 9.47 Å². The molecular weight excluding hydrogens is 424 g/mol. The number of aryl methyl sites for hydroxylation is 1. The monoisotopic (exact) mass is 466 g/mol. The van der Waals surface area contributed by atoms with Crippen molar-refractivity contribution in [1.82, 2.24) is 0 Å². The number of carbonyl (C=O) groups excluding carboxylic acids is 2. The number of hydrogen-bond donors (Lipinski definition) is 0. The molecule has 0 radical (unpaired) electrons. The zero-order valence-electron chi connectivity index (χ0n) is 21.2. The van der Waals surface area contributed by atoms with Crippen LogP contribution in [0.15, 0.2) is 48.5 Å². The predicted molar refractivity (Wildman–Crippen MR) is 139 cm³/mol. The van der Waals surface area contributed by atoms with Gasteiger partial charge in [0, 0.05) is 5.56 Å². The zero-order valence-corrected chi connectivity index (χ0v) is 21.2. The van der Waals surface area contributed by atoms with Crippen molar-refractivity contribution in [2.24, 2.45) is 0 Å². The van der Waals surface area contributed by atoms with Gasteiger partial charge in [0.05, 0.1) is 12.2 Å². The molecule has 186 valence electrons. The Bertz CT molecular complexity index is 824. The van der Waals surface area contributed by atoms with E-state index in [2.05, 4.69) is 13.8 Å². The second-order valence-electron chi connectivity index (χ2n) is 9.00. The fraction of sp³-hybridized carbons (Fsp3) is 0.533. The molecule has 0 N–H and O–H groups in total. The first-order valence-corrected chi connectivity index (χ1v) is 13.2. The molecule has 0 heterocycles. The lowest BCUT2D eigenvalue weighted by molar-refractivity contribution is 0.0474. The minimum atomic E-state index is -0.471. The molecule has 0 saturated heterocycles. The molecule has 4 nitrogen and oxygen atoms in total. The van der Waals surface area contributed by atoms with Gasteiger partial charge in [-0.2, -0.15) is 0 Å². The van der Waals surface area contributed by atoms with Crippen LogP contribution in [0.4, 0.5) is 0 Å². The van der Waals surface area contributed by atoms with Gasteiger partial charge in [-0.25, -0.2) is 4.79 Å². The van der Waals surface area contributed by atoms with Gasteiger partial charge in [0.1, 0.15) is 5.75 Å². The Morgan fingerprint density at radius 2 is 1.21 bits per heavy atom. The molecule has 0 saturated carbocycles. The number of rotatable bonds is 18. The van der Waals surface area contributed by atoms with Crippen LogP contribution in [-0.4, -0.2) is 25.0 Å². The lowest BCUT2D eigenvalue weighted by Crippen LogP contribution is -2.14. The number of unbranched alkanes of at least 4 members (excludes halogenated alkanes) is 9. The van der Waals surface area contributed by atoms with Gasteiger partial charge in [-0.3, -0.25) is 4.79 Å². The first kappa shape index (κ1) is 27.6. The van der Waals surface area contributed by atoms with Crippen LogP contribution in [0.1, 0.15) is 111 Å². The summed E-state index contributed by atoms with van der Waals surface area (Å²) in [5.74, 6) is 0.0637. The molecule has 0 fully saturated rings. The molecule has 2 aromatic rings. The van der Waals surface area contributed by atoms with E-state index in [9.17, 15) is 9.59 Å². The quantitative estimate of drug-likeness (QED) is 0.127. The molecule has 0 amide bonds. The number of esters is 1. The van der Waals surface area contributed by atoms with Crippen LogP contribution in [0.25, 0.3) is 0 Å². The van der Waals surface area contributed by atoms with E-state index in [-0.39, 0.29) is 12.4 Å². The molecule has 0 aliphatic heterocycles. The van der Waals surface area contributed by atoms with Gasteiger partial charge in [0.25, 0.3) is 0 Å². The van der Waals surface area contributed by atoms with Crippen molar-refractivity contribution in [1.29, 1.82) is 0 Å². The molecule has 4 heteroatoms. The highest BCUT2D eigenvalue weighted by Crippen LogP contribution is 2.15. The van der Waals surface area contributed by atoms with Crippen LogP contribution < -0.4 is 4.74 Å². The summed E-state index contributed by atoms with van der Waals surface area (Å²) in [4.78, 5) is 24.7. The predicted octanol–water partition coefficient (Wildman–Crippen LogP) is 7.98. The minimum Gasteiger partial charge on any atom is -0.494 e. The summed E-state index contributed by atoms with van der Waals surface area (Å²) in [6.07, 6.45) is 14.6. The summed E-state index contributed by atoms with van der Waals surface area (Å²) < 4.78 is 11.0. The van der Waals surface area contributed by atoms with E-state index >= 15 is 0 Å². The first-order valence-electron chi connectivity index (χ1n) is 13.2. The van der Waals surface area contributed by atoms with Gasteiger partial charge in [0.15, 0.2) is 12.4 Å². The van der Waals surface area contributed by atoms with Crippen LogP contribution in [0.2, 0.25) is 0 Å². The van der Waals surface area contributed by atoms with E-state index in [0.29, 0.717) is 17.7 Å². The molecule has 0 bridgehead atoms. The van der Waals surface area contributed by atoms with Crippen molar-refractivity contribution < 1.29 is 19.1 Å². The van der Waals surface area contributed by atoms with E-state index in [1.165, 1.54) is 69.8 Å². The Morgan fingerprint density at radius 1 is 0.647 bits per heavy atom. The number of Topliss-reactive ketones (excluding diaryl/α,β-unsaturated/α-hetero) is 1. The standard InChI is InChI=1S/C30H42O4/c1-3-5-7-9-11-13-23-33-28-21-19-26(20-22-28)29(31)24-34-30(32)27-17-15-25(16-18-27)14-12-10-8-6-4-2/h15-22H,3-14,23-24H2,1-2H3. The second kappa shape index (κ2) is 16.9. The maximum Gasteiger partial charge on any atom is 0.338 e. The highest BCUT2D eigenvalue weighted by molar-refractivity contribution is 5.99. The fourth-order valence-corrected chi connectivity index (χ4v) is 3.85. The number of hydrogen-bond acceptors (Lipinski definition) is 4. The summed E-state index contributed by atoms with van der Waals surface area (Å²) in [5, 5.41) is 0. The Balaban J connectivity index is 1.67. The maximum absolute atomic E-state index is 12.4. The maximum atomic E-state index is 12.4. The van der Waals surface area contributed by atoms with Gasteiger partial charge < -0.3 is 9.47 Å². The number of ether oxygens (including phenoxy) is 2. The zero-order chi connectivity index (χ0) is 24.4. The van der Waals surface area contributed by atoms with Crippen LogP contribution in [0.5, 0.6) is 5.75 Å². The van der Waals surface area contributed by atoms with Crippen LogP contribution >= 0.6 is 0 Å². The fourth-order valence-electron chi connectivity index (χ4n) is 3.85. The Morgan fingerprint density at radius 3 is 1.85 bits per heavy atom. The number of carbonyl (C=O) groups is 2. The third kappa shape index (κ3) is 11.0. The summed E-state index contributed by atoms with van der Waals surface area (Å²) in [6, 6.07) is 14.6. The van der Waals surface area contributed by atoms with Gasteiger partial charge in [-0.1, -0.05) is 83.8 Å². The third-order valence-corrected chi connectivity index (χ3v) is 6.04. The molecule has 0 unspecified atom stereocenters. The topological polar surface area (TPSA) is 52.6 Å².